The van der Waals surface area contributed by atoms with Crippen LogP contribution in [-0.2, 0) is 21.9 Å². The zero-order chi connectivity index (χ0) is 26.2. The number of alkyl halides is 3. The number of aryl methyl sites for hydroxylation is 1. The molecule has 2 aromatic heterocycles. The first-order chi connectivity index (χ1) is 17.6. The molecule has 1 aromatic carbocycles. The number of hydrogen-bond acceptors (Lipinski definition) is 6. The third kappa shape index (κ3) is 5.71. The van der Waals surface area contributed by atoms with Crippen molar-refractivity contribution in [3.05, 3.63) is 35.7 Å². The first-order valence-corrected chi connectivity index (χ1v) is 15.4. The average molecular weight is 536 g/mol. The second-order valence-electron chi connectivity index (χ2n) is 10.4. The van der Waals surface area contributed by atoms with Crippen LogP contribution in [0.15, 0.2) is 24.5 Å². The van der Waals surface area contributed by atoms with Gasteiger partial charge in [-0.2, -0.15) is 13.2 Å². The van der Waals surface area contributed by atoms with Crippen LogP contribution in [0.1, 0.15) is 43.2 Å². The summed E-state index contributed by atoms with van der Waals surface area (Å²) in [6.45, 7) is 5.43. The van der Waals surface area contributed by atoms with Gasteiger partial charge in [0.1, 0.15) is 12.7 Å². The van der Waals surface area contributed by atoms with Crippen LogP contribution >= 0.6 is 7.14 Å². The van der Waals surface area contributed by atoms with Gasteiger partial charge in [-0.1, -0.05) is 12.1 Å². The van der Waals surface area contributed by atoms with Gasteiger partial charge >= 0.3 is 6.18 Å². The minimum atomic E-state index is -4.62. The summed E-state index contributed by atoms with van der Waals surface area (Å²) in [6.07, 6.45) is 2.91. The summed E-state index contributed by atoms with van der Waals surface area (Å²) in [4.78, 5) is 11.6. The number of halogens is 3. The maximum absolute atomic E-state index is 14.1. The number of rotatable bonds is 1. The van der Waals surface area contributed by atoms with Crippen LogP contribution in [0.4, 0.5) is 19.1 Å². The van der Waals surface area contributed by atoms with Gasteiger partial charge in [-0.05, 0) is 57.4 Å². The lowest BCUT2D eigenvalue weighted by atomic mass is 10.0. The summed E-state index contributed by atoms with van der Waals surface area (Å²) in [6, 6.07) is 4.09. The molecular formula is C26H33F3N5O2P. The first kappa shape index (κ1) is 26.2. The molecule has 0 radical (unpaired) electrons. The van der Waals surface area contributed by atoms with Crippen molar-refractivity contribution >= 4 is 29.3 Å². The monoisotopic (exact) mass is 535 g/mol. The predicted octanol–water partition coefficient (Wildman–Crippen LogP) is 5.17. The summed E-state index contributed by atoms with van der Waals surface area (Å²) >= 11 is 0. The normalized spacial score (nSPS) is 21.9. The first-order valence-electron chi connectivity index (χ1n) is 12.8. The van der Waals surface area contributed by atoms with Crippen molar-refractivity contribution in [1.82, 2.24) is 20.3 Å². The topological polar surface area (TPSA) is 91.9 Å². The van der Waals surface area contributed by atoms with E-state index in [0.717, 1.165) is 50.4 Å². The smallest absolute Gasteiger partial charge is 0.380 e. The molecule has 6 rings (SSSR count). The lowest BCUT2D eigenvalue weighted by Gasteiger charge is -2.18. The Kier molecular flexibility index (Phi) is 7.35. The Morgan fingerprint density at radius 3 is 2.70 bits per heavy atom. The summed E-state index contributed by atoms with van der Waals surface area (Å²) in [5, 5.41) is 8.02. The zero-order valence-electron chi connectivity index (χ0n) is 21.1. The SMILES string of the molecule is CP(C)(=O)c1c2ccc3c(c[nH]c13)-c1nc(ncc1C(F)(F)F)N[C@H]1CC[C@@H](C1)NCCOCCCC2. The average Bonchev–Trinajstić information content (AvgIpc) is 3.45. The number of aromatic amines is 1. The van der Waals surface area contributed by atoms with Gasteiger partial charge in [0, 0.05) is 53.9 Å². The second kappa shape index (κ2) is 10.4. The van der Waals surface area contributed by atoms with Gasteiger partial charge in [0.25, 0.3) is 0 Å². The zero-order valence-corrected chi connectivity index (χ0v) is 22.0. The van der Waals surface area contributed by atoms with Gasteiger partial charge in [0.2, 0.25) is 5.95 Å². The summed E-state index contributed by atoms with van der Waals surface area (Å²) < 4.78 is 61.3. The Morgan fingerprint density at radius 2 is 1.92 bits per heavy atom. The summed E-state index contributed by atoms with van der Waals surface area (Å²) in [5.74, 6) is 0.175. The molecule has 0 saturated heterocycles. The van der Waals surface area contributed by atoms with Crippen LogP contribution in [0, 0.1) is 0 Å². The fourth-order valence-corrected chi connectivity index (χ4v) is 7.14. The molecular weight excluding hydrogens is 502 g/mol. The Bertz CT molecular complexity index is 1320. The number of benzene rings is 1. The van der Waals surface area contributed by atoms with Crippen molar-refractivity contribution < 1.29 is 22.5 Å². The van der Waals surface area contributed by atoms with Crippen molar-refractivity contribution in [2.24, 2.45) is 0 Å². The molecule has 200 valence electrons. The molecule has 8 bridgehead atoms. The second-order valence-corrected chi connectivity index (χ2v) is 13.5. The molecule has 3 aromatic rings. The van der Waals surface area contributed by atoms with Gasteiger partial charge in [-0.3, -0.25) is 0 Å². The van der Waals surface area contributed by atoms with E-state index < -0.39 is 18.9 Å². The number of fused-ring (bicyclic) bond motifs is 8. The van der Waals surface area contributed by atoms with Gasteiger partial charge in [-0.25, -0.2) is 9.97 Å². The van der Waals surface area contributed by atoms with Gasteiger partial charge in [0.05, 0.1) is 17.8 Å². The standard InChI is InChI=1S/C26H33F3N5O2P/c1-37(2,35)24-16-5-3-4-11-36-12-10-30-17-7-8-18(13-17)33-25-32-15-21(26(27,28)29)22(34-25)20-14-31-23(24)19(20)9-6-16/h6,9,14-15,17-18,30-31H,3-5,7-8,10-13H2,1-2H3,(H,32,33,34)/t17-,18-/m0/s1. The molecule has 3 N–H and O–H groups in total. The Morgan fingerprint density at radius 1 is 1.11 bits per heavy atom. The molecule has 0 unspecified atom stereocenters. The number of H-pyrrole nitrogens is 1. The van der Waals surface area contributed by atoms with Crippen LogP contribution < -0.4 is 15.9 Å². The number of hydrogen-bond donors (Lipinski definition) is 3. The Labute approximate surface area is 214 Å². The highest BCUT2D eigenvalue weighted by Crippen LogP contribution is 2.43. The van der Waals surface area contributed by atoms with Crippen LogP contribution in [0.3, 0.4) is 0 Å². The van der Waals surface area contributed by atoms with E-state index in [1.807, 2.05) is 12.1 Å². The lowest BCUT2D eigenvalue weighted by Crippen LogP contribution is -2.31. The van der Waals surface area contributed by atoms with Crippen molar-refractivity contribution in [1.29, 1.82) is 0 Å². The molecule has 2 aliphatic heterocycles. The Balaban J connectivity index is 1.63. The fraction of sp³-hybridized carbons (Fsp3) is 0.538. The molecule has 3 aliphatic rings. The van der Waals surface area contributed by atoms with Crippen molar-refractivity contribution in [3.63, 3.8) is 0 Å². The minimum Gasteiger partial charge on any atom is -0.380 e. The van der Waals surface area contributed by atoms with Crippen LogP contribution in [0.25, 0.3) is 22.2 Å². The summed E-state index contributed by atoms with van der Waals surface area (Å²) in [5.41, 5.74) is 0.799. The highest BCUT2D eigenvalue weighted by molar-refractivity contribution is 7.70. The molecule has 37 heavy (non-hydrogen) atoms. The molecule has 0 amide bonds. The van der Waals surface area contributed by atoms with E-state index in [-0.39, 0.29) is 17.7 Å². The highest BCUT2D eigenvalue weighted by atomic mass is 31.2. The number of anilines is 1. The van der Waals surface area contributed by atoms with Crippen molar-refractivity contribution in [3.8, 4) is 11.3 Å². The van der Waals surface area contributed by atoms with Crippen LogP contribution in [0.5, 0.6) is 0 Å². The maximum Gasteiger partial charge on any atom is 0.419 e. The number of aromatic nitrogens is 3. The van der Waals surface area contributed by atoms with E-state index in [1.54, 1.807) is 19.5 Å². The van der Waals surface area contributed by atoms with Crippen LogP contribution in [-0.4, -0.2) is 60.1 Å². The molecule has 11 heteroatoms. The molecule has 1 saturated carbocycles. The van der Waals surface area contributed by atoms with Gasteiger partial charge in [0.15, 0.2) is 0 Å². The van der Waals surface area contributed by atoms with Gasteiger partial charge in [-0.15, -0.1) is 0 Å². The van der Waals surface area contributed by atoms with E-state index in [0.29, 0.717) is 47.4 Å². The maximum atomic E-state index is 14.1. The third-order valence-corrected chi connectivity index (χ3v) is 8.82. The number of ether oxygens (including phenoxy) is 1. The molecule has 1 fully saturated rings. The Hall–Kier alpha value is -2.42. The fourth-order valence-electron chi connectivity index (χ4n) is 5.54. The molecule has 0 spiro atoms. The minimum absolute atomic E-state index is 0.0665. The largest absolute Gasteiger partial charge is 0.419 e. The van der Waals surface area contributed by atoms with Crippen LogP contribution in [0.2, 0.25) is 0 Å². The molecule has 2 atom stereocenters. The molecule has 1 aliphatic carbocycles. The van der Waals surface area contributed by atoms with E-state index in [4.69, 9.17) is 4.74 Å². The van der Waals surface area contributed by atoms with E-state index in [1.165, 1.54) is 0 Å². The van der Waals surface area contributed by atoms with E-state index in [9.17, 15) is 17.7 Å². The van der Waals surface area contributed by atoms with E-state index in [2.05, 4.69) is 25.6 Å². The quantitative estimate of drug-likeness (QED) is 0.373. The predicted molar refractivity (Wildman–Crippen MR) is 140 cm³/mol. The van der Waals surface area contributed by atoms with E-state index >= 15 is 0 Å². The highest BCUT2D eigenvalue weighted by Gasteiger charge is 2.37. The van der Waals surface area contributed by atoms with Crippen molar-refractivity contribution in [2.75, 3.05) is 38.4 Å². The lowest BCUT2D eigenvalue weighted by molar-refractivity contribution is -0.137. The third-order valence-electron chi connectivity index (χ3n) is 7.23. The summed E-state index contributed by atoms with van der Waals surface area (Å²) in [7, 11) is -2.75. The van der Waals surface area contributed by atoms with Gasteiger partial charge < -0.3 is 24.9 Å². The van der Waals surface area contributed by atoms with Crippen molar-refractivity contribution in [2.45, 2.75) is 56.8 Å². The number of nitrogens with zero attached hydrogens (tertiary/aromatic N) is 2. The number of nitrogens with one attached hydrogen (secondary N) is 3. The molecule has 4 heterocycles. The molecule has 7 nitrogen and oxygen atoms in total.